The fraction of sp³-hybridized carbons (Fsp3) is 0.857. The van der Waals surface area contributed by atoms with Crippen molar-refractivity contribution in [2.75, 3.05) is 0 Å². The zero-order valence-electron chi connectivity index (χ0n) is 18.8. The molecular weight excluding hydrogens is 330 g/mol. The summed E-state index contributed by atoms with van der Waals surface area (Å²) in [5, 5.41) is 20.9. The Kier molecular flexibility index (Phi) is 9.82. The quantitative estimate of drug-likeness (QED) is 0.387. The van der Waals surface area contributed by atoms with E-state index >= 15 is 0 Å². The van der Waals surface area contributed by atoms with Crippen LogP contribution in [0.3, 0.4) is 0 Å². The topological polar surface area (TPSA) is 80.4 Å². The molecule has 0 aromatic heterocycles. The molecule has 5 nitrogen and oxygen atoms in total. The number of aliphatic carboxylic acids is 1. The minimum Gasteiger partial charge on any atom is -0.481 e. The van der Waals surface area contributed by atoms with Gasteiger partial charge < -0.3 is 5.11 Å². The number of carboxylic acid groups (broad SMARTS) is 1. The van der Waals surface area contributed by atoms with Crippen molar-refractivity contribution in [2.24, 2.45) is 21.7 Å². The minimum atomic E-state index is -0.854. The van der Waals surface area contributed by atoms with E-state index in [0.717, 1.165) is 0 Å². The van der Waals surface area contributed by atoms with Crippen LogP contribution >= 0.6 is 0 Å². The van der Waals surface area contributed by atoms with Crippen LogP contribution in [0.2, 0.25) is 0 Å². The standard InChI is InChI=1S/C19H35NO4.C2H6/c1-16(2,3)12-18(6,7)14(20(23)24)10-11-17(4,5)13-19(8,9)15(21)22;1-2/h10H,11-13H2,1-9H3,(H,21,22);1-2H3/b14-10+;. The lowest BCUT2D eigenvalue weighted by molar-refractivity contribution is -0.441. The summed E-state index contributed by atoms with van der Waals surface area (Å²) in [5.74, 6) is -0.845. The van der Waals surface area contributed by atoms with Crippen molar-refractivity contribution in [1.82, 2.24) is 0 Å². The highest BCUT2D eigenvalue weighted by Crippen LogP contribution is 2.41. The molecule has 0 fully saturated rings. The Bertz CT molecular complexity index is 509. The summed E-state index contributed by atoms with van der Waals surface area (Å²) in [6.45, 7) is 21.3. The molecule has 0 radical (unpaired) electrons. The van der Waals surface area contributed by atoms with Crippen molar-refractivity contribution in [3.05, 3.63) is 21.9 Å². The Morgan fingerprint density at radius 2 is 1.35 bits per heavy atom. The van der Waals surface area contributed by atoms with Crippen LogP contribution in [0.5, 0.6) is 0 Å². The van der Waals surface area contributed by atoms with Gasteiger partial charge in [0.15, 0.2) is 0 Å². The Labute approximate surface area is 160 Å². The molecule has 154 valence electrons. The Morgan fingerprint density at radius 3 is 1.65 bits per heavy atom. The number of carbonyl (C=O) groups is 1. The van der Waals surface area contributed by atoms with Gasteiger partial charge >= 0.3 is 5.97 Å². The molecule has 0 atom stereocenters. The van der Waals surface area contributed by atoms with Gasteiger partial charge in [0.1, 0.15) is 0 Å². The lowest BCUT2D eigenvalue weighted by Crippen LogP contribution is -2.31. The van der Waals surface area contributed by atoms with Crippen molar-refractivity contribution in [2.45, 2.75) is 95.4 Å². The van der Waals surface area contributed by atoms with Gasteiger partial charge in [0.25, 0.3) is 0 Å². The van der Waals surface area contributed by atoms with Crippen molar-refractivity contribution in [1.29, 1.82) is 0 Å². The van der Waals surface area contributed by atoms with Gasteiger partial charge in [0, 0.05) is 0 Å². The van der Waals surface area contributed by atoms with Gasteiger partial charge in [-0.05, 0) is 63.9 Å². The highest BCUT2D eigenvalue weighted by Gasteiger charge is 2.38. The van der Waals surface area contributed by atoms with Gasteiger partial charge in [0.2, 0.25) is 5.70 Å². The summed E-state index contributed by atoms with van der Waals surface area (Å²) < 4.78 is 0. The van der Waals surface area contributed by atoms with Crippen molar-refractivity contribution in [3.63, 3.8) is 0 Å². The first kappa shape index (κ1) is 26.8. The highest BCUT2D eigenvalue weighted by molar-refractivity contribution is 5.73. The molecule has 0 aliphatic carbocycles. The fourth-order valence-corrected chi connectivity index (χ4v) is 3.73. The second-order valence-electron chi connectivity index (χ2n) is 10.2. The molecular formula is C21H41NO4. The second-order valence-corrected chi connectivity index (χ2v) is 10.2. The van der Waals surface area contributed by atoms with E-state index in [1.807, 2.05) is 41.5 Å². The summed E-state index contributed by atoms with van der Waals surface area (Å²) in [6.07, 6.45) is 3.33. The van der Waals surface area contributed by atoms with E-state index in [9.17, 15) is 20.0 Å². The van der Waals surface area contributed by atoms with Crippen LogP contribution in [-0.2, 0) is 4.79 Å². The highest BCUT2D eigenvalue weighted by atomic mass is 16.6. The maximum atomic E-state index is 11.6. The lowest BCUT2D eigenvalue weighted by Gasteiger charge is -2.32. The molecule has 0 heterocycles. The molecule has 26 heavy (non-hydrogen) atoms. The van der Waals surface area contributed by atoms with Gasteiger partial charge in [-0.25, -0.2) is 0 Å². The first-order valence-electron chi connectivity index (χ1n) is 9.48. The average molecular weight is 372 g/mol. The molecule has 5 heteroatoms. The van der Waals surface area contributed by atoms with Crippen LogP contribution in [0.1, 0.15) is 95.4 Å². The maximum absolute atomic E-state index is 11.6. The first-order valence-corrected chi connectivity index (χ1v) is 9.48. The van der Waals surface area contributed by atoms with E-state index in [-0.39, 0.29) is 21.5 Å². The molecule has 0 saturated carbocycles. The van der Waals surface area contributed by atoms with Crippen LogP contribution in [0.15, 0.2) is 11.8 Å². The van der Waals surface area contributed by atoms with E-state index in [1.54, 1.807) is 19.9 Å². The van der Waals surface area contributed by atoms with Crippen molar-refractivity contribution < 1.29 is 14.8 Å². The van der Waals surface area contributed by atoms with E-state index in [2.05, 4.69) is 20.8 Å². The summed E-state index contributed by atoms with van der Waals surface area (Å²) in [4.78, 5) is 22.6. The van der Waals surface area contributed by atoms with Gasteiger partial charge in [-0.1, -0.05) is 48.5 Å². The van der Waals surface area contributed by atoms with Crippen LogP contribution in [0.25, 0.3) is 0 Å². The third-order valence-corrected chi connectivity index (χ3v) is 4.21. The third-order valence-electron chi connectivity index (χ3n) is 4.21. The maximum Gasteiger partial charge on any atom is 0.309 e. The van der Waals surface area contributed by atoms with E-state index < -0.39 is 16.8 Å². The number of carboxylic acids is 1. The summed E-state index contributed by atoms with van der Waals surface area (Å²) >= 11 is 0. The Balaban J connectivity index is 0. The summed E-state index contributed by atoms with van der Waals surface area (Å²) in [7, 11) is 0. The normalized spacial score (nSPS) is 13.7. The fourth-order valence-electron chi connectivity index (χ4n) is 3.73. The third kappa shape index (κ3) is 9.93. The number of nitro groups is 1. The van der Waals surface area contributed by atoms with Gasteiger partial charge in [-0.3, -0.25) is 14.9 Å². The number of rotatable bonds is 8. The number of nitrogens with zero attached hydrogens (tertiary/aromatic N) is 1. The number of hydrogen-bond acceptors (Lipinski definition) is 3. The van der Waals surface area contributed by atoms with Crippen LogP contribution in [-0.4, -0.2) is 16.0 Å². The number of hydrogen-bond donors (Lipinski definition) is 1. The van der Waals surface area contributed by atoms with Crippen LogP contribution < -0.4 is 0 Å². The lowest BCUT2D eigenvalue weighted by atomic mass is 9.71. The molecule has 0 spiro atoms. The van der Waals surface area contributed by atoms with Crippen molar-refractivity contribution in [3.8, 4) is 0 Å². The molecule has 0 aromatic carbocycles. The van der Waals surface area contributed by atoms with E-state index in [4.69, 9.17) is 0 Å². The summed E-state index contributed by atoms with van der Waals surface area (Å²) in [6, 6.07) is 0. The first-order chi connectivity index (χ1) is 11.4. The van der Waals surface area contributed by atoms with E-state index in [1.165, 1.54) is 0 Å². The van der Waals surface area contributed by atoms with Gasteiger partial charge in [-0.2, -0.15) is 0 Å². The number of allylic oxidation sites excluding steroid dienone is 2. The average Bonchev–Trinajstić information content (AvgIpc) is 2.35. The predicted molar refractivity (Wildman–Crippen MR) is 109 cm³/mol. The molecule has 0 aliphatic heterocycles. The van der Waals surface area contributed by atoms with Gasteiger partial charge in [0.05, 0.1) is 15.8 Å². The molecule has 0 unspecified atom stereocenters. The monoisotopic (exact) mass is 371 g/mol. The molecule has 0 amide bonds. The molecule has 0 saturated heterocycles. The SMILES string of the molecule is CC.CC(C)(C)CC(C)(C)/C(=C\CC(C)(C)CC(C)(C)C(=O)O)[N+](=O)[O-]. The van der Waals surface area contributed by atoms with Crippen molar-refractivity contribution >= 4 is 5.97 Å². The molecule has 0 aromatic rings. The largest absolute Gasteiger partial charge is 0.481 e. The van der Waals surface area contributed by atoms with Crippen LogP contribution in [0.4, 0.5) is 0 Å². The zero-order chi connectivity index (χ0) is 21.6. The molecule has 0 bridgehead atoms. The molecule has 1 N–H and O–H groups in total. The predicted octanol–water partition coefficient (Wildman–Crippen LogP) is 6.55. The zero-order valence-corrected chi connectivity index (χ0v) is 18.8. The van der Waals surface area contributed by atoms with Crippen LogP contribution in [0, 0.1) is 31.8 Å². The second kappa shape index (κ2) is 9.52. The molecule has 0 rings (SSSR count). The van der Waals surface area contributed by atoms with E-state index in [0.29, 0.717) is 19.3 Å². The Hall–Kier alpha value is -1.39. The smallest absolute Gasteiger partial charge is 0.309 e. The van der Waals surface area contributed by atoms with Gasteiger partial charge in [-0.15, -0.1) is 0 Å². The molecule has 0 aliphatic rings. The minimum absolute atomic E-state index is 0.0145. The Morgan fingerprint density at radius 1 is 0.923 bits per heavy atom. The summed E-state index contributed by atoms with van der Waals surface area (Å²) in [5.41, 5.74) is -1.52.